The molecule has 1 aromatic carbocycles. The number of carbonyl (C=O) groups is 1. The van der Waals surface area contributed by atoms with E-state index in [1.807, 2.05) is 6.07 Å². The van der Waals surface area contributed by atoms with Gasteiger partial charge in [0.15, 0.2) is 5.69 Å². The summed E-state index contributed by atoms with van der Waals surface area (Å²) in [6.07, 6.45) is 5.84. The standard InChI is InChI=1S/C23H29N7O4/c1-2-29-22(32)18(26-30(23(29)33)17-11-6-5-7-12-17)19-25-21(34-27-19)20(31)24-13-10-16-28-14-8-3-4-9-15-28/h5-7,11-12H,2-4,8-10,13-16H2,1H3,(H,24,31). The van der Waals surface area contributed by atoms with Crippen molar-refractivity contribution in [2.24, 2.45) is 0 Å². The van der Waals surface area contributed by atoms with Gasteiger partial charge in [0.2, 0.25) is 5.82 Å². The normalized spacial score (nSPS) is 14.6. The number of benzene rings is 1. The first-order chi connectivity index (χ1) is 16.6. The van der Waals surface area contributed by atoms with E-state index in [9.17, 15) is 14.4 Å². The summed E-state index contributed by atoms with van der Waals surface area (Å²) in [5.41, 5.74) is -0.908. The highest BCUT2D eigenvalue weighted by molar-refractivity contribution is 5.89. The van der Waals surface area contributed by atoms with Crippen LogP contribution in [0.2, 0.25) is 0 Å². The summed E-state index contributed by atoms with van der Waals surface area (Å²) in [6.45, 7) is 5.44. The van der Waals surface area contributed by atoms with Gasteiger partial charge in [0, 0.05) is 13.1 Å². The maximum Gasteiger partial charge on any atom is 0.352 e. The molecule has 1 aliphatic rings. The Balaban J connectivity index is 1.47. The van der Waals surface area contributed by atoms with E-state index in [-0.39, 0.29) is 24.0 Å². The molecule has 34 heavy (non-hydrogen) atoms. The van der Waals surface area contributed by atoms with Crippen LogP contribution in [-0.4, -0.2) is 61.5 Å². The van der Waals surface area contributed by atoms with Crippen LogP contribution < -0.4 is 16.6 Å². The molecule has 0 radical (unpaired) electrons. The van der Waals surface area contributed by atoms with Gasteiger partial charge in [0.1, 0.15) is 0 Å². The van der Waals surface area contributed by atoms with Gasteiger partial charge in [-0.05, 0) is 58.0 Å². The fraction of sp³-hybridized carbons (Fsp3) is 0.478. The van der Waals surface area contributed by atoms with Crippen molar-refractivity contribution in [2.75, 3.05) is 26.2 Å². The lowest BCUT2D eigenvalue weighted by atomic mass is 10.2. The Morgan fingerprint density at radius 3 is 2.53 bits per heavy atom. The van der Waals surface area contributed by atoms with E-state index in [1.54, 1.807) is 31.2 Å². The molecular formula is C23H29N7O4. The van der Waals surface area contributed by atoms with Gasteiger partial charge in [0.25, 0.3) is 5.56 Å². The van der Waals surface area contributed by atoms with Gasteiger partial charge in [-0.1, -0.05) is 36.2 Å². The predicted molar refractivity (Wildman–Crippen MR) is 125 cm³/mol. The predicted octanol–water partition coefficient (Wildman–Crippen LogP) is 1.46. The van der Waals surface area contributed by atoms with Gasteiger partial charge < -0.3 is 14.7 Å². The molecule has 1 saturated heterocycles. The van der Waals surface area contributed by atoms with Crippen molar-refractivity contribution in [1.29, 1.82) is 0 Å². The molecule has 1 N–H and O–H groups in total. The van der Waals surface area contributed by atoms with Crippen molar-refractivity contribution in [3.05, 3.63) is 57.1 Å². The summed E-state index contributed by atoms with van der Waals surface area (Å²) in [7, 11) is 0. The SMILES string of the molecule is CCn1c(=O)c(-c2noc(C(=O)NCCCN3CCCCCC3)n2)nn(-c2ccccc2)c1=O. The highest BCUT2D eigenvalue weighted by Gasteiger charge is 2.22. The quantitative estimate of drug-likeness (QED) is 0.493. The monoisotopic (exact) mass is 467 g/mol. The summed E-state index contributed by atoms with van der Waals surface area (Å²) in [5.74, 6) is -0.917. The molecule has 0 unspecified atom stereocenters. The van der Waals surface area contributed by atoms with E-state index in [1.165, 1.54) is 25.7 Å². The van der Waals surface area contributed by atoms with Gasteiger partial charge in [-0.25, -0.2) is 4.79 Å². The number of para-hydroxylation sites is 1. The minimum Gasteiger partial charge on any atom is -0.348 e. The molecule has 11 heteroatoms. The number of hydrogen-bond donors (Lipinski definition) is 1. The van der Waals surface area contributed by atoms with Crippen LogP contribution in [0.3, 0.4) is 0 Å². The molecule has 2 aromatic heterocycles. The van der Waals surface area contributed by atoms with E-state index in [2.05, 4.69) is 25.5 Å². The van der Waals surface area contributed by atoms with Crippen molar-refractivity contribution in [3.8, 4) is 17.2 Å². The Hall–Kier alpha value is -3.60. The fourth-order valence-corrected chi connectivity index (χ4v) is 4.02. The molecule has 4 rings (SSSR count). The van der Waals surface area contributed by atoms with E-state index in [0.29, 0.717) is 12.2 Å². The highest BCUT2D eigenvalue weighted by atomic mass is 16.5. The van der Waals surface area contributed by atoms with Crippen molar-refractivity contribution >= 4 is 5.91 Å². The first-order valence-corrected chi connectivity index (χ1v) is 11.7. The third-order valence-corrected chi connectivity index (χ3v) is 5.84. The Morgan fingerprint density at radius 1 is 1.09 bits per heavy atom. The Kier molecular flexibility index (Phi) is 7.63. The fourth-order valence-electron chi connectivity index (χ4n) is 4.02. The molecule has 1 fully saturated rings. The number of hydrogen-bond acceptors (Lipinski definition) is 8. The maximum atomic E-state index is 12.8. The average molecular weight is 468 g/mol. The number of carbonyl (C=O) groups excluding carboxylic acids is 1. The molecule has 1 aliphatic heterocycles. The van der Waals surface area contributed by atoms with Crippen LogP contribution >= 0.6 is 0 Å². The Bertz CT molecular complexity index is 1220. The van der Waals surface area contributed by atoms with Crippen LogP contribution in [0.1, 0.15) is 49.7 Å². The summed E-state index contributed by atoms with van der Waals surface area (Å²) >= 11 is 0. The number of likely N-dealkylation sites (tertiary alicyclic amines) is 1. The third kappa shape index (κ3) is 5.30. The zero-order valence-corrected chi connectivity index (χ0v) is 19.3. The van der Waals surface area contributed by atoms with Gasteiger partial charge in [-0.15, -0.1) is 0 Å². The van der Waals surface area contributed by atoms with E-state index in [4.69, 9.17) is 4.52 Å². The second-order valence-corrected chi connectivity index (χ2v) is 8.22. The number of amides is 1. The number of nitrogens with one attached hydrogen (secondary N) is 1. The molecule has 0 atom stereocenters. The lowest BCUT2D eigenvalue weighted by Crippen LogP contribution is -2.41. The van der Waals surface area contributed by atoms with Crippen LogP contribution in [0.5, 0.6) is 0 Å². The first-order valence-electron chi connectivity index (χ1n) is 11.7. The Labute approximate surface area is 196 Å². The van der Waals surface area contributed by atoms with Crippen LogP contribution in [-0.2, 0) is 6.54 Å². The lowest BCUT2D eigenvalue weighted by molar-refractivity contribution is 0.0908. The van der Waals surface area contributed by atoms with Crippen molar-refractivity contribution in [1.82, 2.24) is 34.7 Å². The van der Waals surface area contributed by atoms with Gasteiger partial charge in [-0.2, -0.15) is 14.8 Å². The lowest BCUT2D eigenvalue weighted by Gasteiger charge is -2.19. The molecule has 180 valence electrons. The first kappa shape index (κ1) is 23.6. The minimum atomic E-state index is -0.648. The highest BCUT2D eigenvalue weighted by Crippen LogP contribution is 2.11. The molecule has 1 amide bonds. The van der Waals surface area contributed by atoms with Crippen LogP contribution in [0.4, 0.5) is 0 Å². The molecule has 11 nitrogen and oxygen atoms in total. The second kappa shape index (κ2) is 11.0. The van der Waals surface area contributed by atoms with Gasteiger partial charge >= 0.3 is 17.5 Å². The summed E-state index contributed by atoms with van der Waals surface area (Å²) in [5, 5.41) is 10.7. The molecule has 0 saturated carbocycles. The zero-order chi connectivity index (χ0) is 23.9. The minimum absolute atomic E-state index is 0.141. The average Bonchev–Trinajstić information content (AvgIpc) is 3.20. The molecule has 3 aromatic rings. The zero-order valence-electron chi connectivity index (χ0n) is 19.3. The van der Waals surface area contributed by atoms with E-state index >= 15 is 0 Å². The topological polar surface area (TPSA) is 128 Å². The van der Waals surface area contributed by atoms with E-state index < -0.39 is 17.2 Å². The molecular weight excluding hydrogens is 438 g/mol. The summed E-state index contributed by atoms with van der Waals surface area (Å²) in [6, 6.07) is 8.72. The van der Waals surface area contributed by atoms with Crippen LogP contribution in [0.15, 0.2) is 44.4 Å². The van der Waals surface area contributed by atoms with Crippen LogP contribution in [0, 0.1) is 0 Å². The molecule has 0 bridgehead atoms. The summed E-state index contributed by atoms with van der Waals surface area (Å²) in [4.78, 5) is 44.5. The second-order valence-electron chi connectivity index (χ2n) is 8.22. The number of nitrogens with zero attached hydrogens (tertiary/aromatic N) is 6. The molecule has 0 spiro atoms. The maximum absolute atomic E-state index is 12.8. The van der Waals surface area contributed by atoms with Crippen molar-refractivity contribution in [2.45, 2.75) is 45.6 Å². The molecule has 3 heterocycles. The number of aromatic nitrogens is 5. The van der Waals surface area contributed by atoms with Crippen molar-refractivity contribution in [3.63, 3.8) is 0 Å². The smallest absolute Gasteiger partial charge is 0.348 e. The summed E-state index contributed by atoms with van der Waals surface area (Å²) < 4.78 is 7.24. The number of rotatable bonds is 8. The van der Waals surface area contributed by atoms with E-state index in [0.717, 1.165) is 35.3 Å². The van der Waals surface area contributed by atoms with Gasteiger partial charge in [-0.3, -0.25) is 14.2 Å². The largest absolute Gasteiger partial charge is 0.352 e. The van der Waals surface area contributed by atoms with Crippen LogP contribution in [0.25, 0.3) is 17.2 Å². The molecule has 0 aliphatic carbocycles. The van der Waals surface area contributed by atoms with Crippen molar-refractivity contribution < 1.29 is 9.32 Å². The van der Waals surface area contributed by atoms with Gasteiger partial charge in [0.05, 0.1) is 5.69 Å². The third-order valence-electron chi connectivity index (χ3n) is 5.84. The Morgan fingerprint density at radius 2 is 1.82 bits per heavy atom.